The number of allylic oxidation sites excluding steroid dienone is 8. The highest BCUT2D eigenvalue weighted by Crippen LogP contribution is 2.51. The van der Waals surface area contributed by atoms with Crippen molar-refractivity contribution in [3.8, 4) is 0 Å². The minimum atomic E-state index is -0.127. The van der Waals surface area contributed by atoms with E-state index >= 15 is 0 Å². The first-order valence-electron chi connectivity index (χ1n) is 13.4. The van der Waals surface area contributed by atoms with Crippen molar-refractivity contribution in [3.05, 3.63) is 130 Å². The number of likely N-dealkylation sites (N-methyl/N-ethyl adjacent to an activating group) is 1. The molecule has 0 aromatic heterocycles. The highest BCUT2D eigenvalue weighted by Gasteiger charge is 2.39. The Hall–Kier alpha value is -3.55. The third kappa shape index (κ3) is 3.60. The molecule has 0 saturated heterocycles. The molecule has 0 atom stereocenters. The lowest BCUT2D eigenvalue weighted by Gasteiger charge is -2.24. The zero-order valence-corrected chi connectivity index (χ0v) is 23.8. The van der Waals surface area contributed by atoms with Crippen molar-refractivity contribution in [2.45, 2.75) is 45.4 Å². The zero-order valence-electron chi connectivity index (χ0n) is 23.1. The molecular weight excluding hydrogens is 482 g/mol. The molecule has 0 spiro atoms. The molecular formula is C36H34ClN. The van der Waals surface area contributed by atoms with Gasteiger partial charge in [0.2, 0.25) is 0 Å². The molecule has 0 saturated carbocycles. The molecule has 0 N–H and O–H groups in total. The lowest BCUT2D eigenvalue weighted by molar-refractivity contribution is 0.645. The molecule has 4 aromatic carbocycles. The largest absolute Gasteiger partial charge is 0.347 e. The Bertz CT molecular complexity index is 1740. The summed E-state index contributed by atoms with van der Waals surface area (Å²) in [6, 6.07) is 26.3. The fraction of sp³-hybridized carbons (Fsp3) is 0.222. The second-order valence-electron chi connectivity index (χ2n) is 11.7. The van der Waals surface area contributed by atoms with Gasteiger partial charge in [-0.15, -0.1) is 0 Å². The lowest BCUT2D eigenvalue weighted by atomic mass is 9.79. The predicted octanol–water partition coefficient (Wildman–Crippen LogP) is 10.0. The van der Waals surface area contributed by atoms with Crippen molar-refractivity contribution < 1.29 is 0 Å². The molecule has 0 radical (unpaired) electrons. The third-order valence-corrected chi connectivity index (χ3v) is 8.99. The number of nitrogens with zero attached hydrogens (tertiary/aromatic N) is 1. The summed E-state index contributed by atoms with van der Waals surface area (Å²) in [5.74, 6) is 0. The van der Waals surface area contributed by atoms with Gasteiger partial charge < -0.3 is 4.90 Å². The maximum absolute atomic E-state index is 6.82. The van der Waals surface area contributed by atoms with Crippen LogP contribution in [0.3, 0.4) is 0 Å². The van der Waals surface area contributed by atoms with Crippen LogP contribution in [0, 0.1) is 0 Å². The van der Waals surface area contributed by atoms with E-state index in [-0.39, 0.29) is 10.8 Å². The van der Waals surface area contributed by atoms with Crippen LogP contribution >= 0.6 is 11.6 Å². The van der Waals surface area contributed by atoms with Gasteiger partial charge in [0.15, 0.2) is 0 Å². The molecule has 0 fully saturated rings. The second-order valence-corrected chi connectivity index (χ2v) is 12.1. The van der Waals surface area contributed by atoms with Gasteiger partial charge in [0.25, 0.3) is 0 Å². The molecule has 1 nitrogen and oxygen atoms in total. The first-order chi connectivity index (χ1) is 18.1. The summed E-state index contributed by atoms with van der Waals surface area (Å²) < 4.78 is 0. The average Bonchev–Trinajstić information content (AvgIpc) is 3.23. The Balaban J connectivity index is 1.34. The van der Waals surface area contributed by atoms with Crippen molar-refractivity contribution in [1.29, 1.82) is 0 Å². The molecule has 0 unspecified atom stereocenters. The van der Waals surface area contributed by atoms with Crippen LogP contribution in [0.5, 0.6) is 0 Å². The summed E-state index contributed by atoms with van der Waals surface area (Å²) in [5.41, 5.74) is 9.06. The van der Waals surface area contributed by atoms with Crippen LogP contribution in [-0.2, 0) is 10.8 Å². The van der Waals surface area contributed by atoms with E-state index in [1.807, 2.05) is 6.08 Å². The van der Waals surface area contributed by atoms with E-state index in [1.54, 1.807) is 0 Å². The Morgan fingerprint density at radius 1 is 0.763 bits per heavy atom. The van der Waals surface area contributed by atoms with E-state index in [1.165, 1.54) is 60.8 Å². The molecule has 190 valence electrons. The van der Waals surface area contributed by atoms with E-state index in [2.05, 4.69) is 138 Å². The maximum atomic E-state index is 6.82. The Labute approximate surface area is 231 Å². The van der Waals surface area contributed by atoms with Crippen LogP contribution in [-0.4, -0.2) is 7.05 Å². The van der Waals surface area contributed by atoms with Crippen molar-refractivity contribution in [3.63, 3.8) is 0 Å². The van der Waals surface area contributed by atoms with Gasteiger partial charge in [-0.05, 0) is 80.6 Å². The summed E-state index contributed by atoms with van der Waals surface area (Å²) in [4.78, 5) is 2.31. The fourth-order valence-electron chi connectivity index (χ4n) is 6.91. The number of hydrogen-bond acceptors (Lipinski definition) is 1. The van der Waals surface area contributed by atoms with E-state index in [9.17, 15) is 0 Å². The first-order valence-corrected chi connectivity index (χ1v) is 13.8. The summed E-state index contributed by atoms with van der Waals surface area (Å²) in [5, 5.41) is 5.95. The fourth-order valence-corrected chi connectivity index (χ4v) is 7.04. The normalized spacial score (nSPS) is 19.3. The van der Waals surface area contributed by atoms with E-state index in [0.717, 1.165) is 5.03 Å². The highest BCUT2D eigenvalue weighted by molar-refractivity contribution is 6.31. The molecule has 1 aliphatic carbocycles. The van der Waals surface area contributed by atoms with Gasteiger partial charge in [-0.1, -0.05) is 112 Å². The second kappa shape index (κ2) is 8.75. The van der Waals surface area contributed by atoms with Crippen molar-refractivity contribution in [1.82, 2.24) is 0 Å². The monoisotopic (exact) mass is 515 g/mol. The minimum absolute atomic E-state index is 0.0945. The smallest absolute Gasteiger partial charge is 0.0454 e. The number of halogens is 1. The van der Waals surface area contributed by atoms with Crippen LogP contribution in [0.4, 0.5) is 5.69 Å². The van der Waals surface area contributed by atoms with Gasteiger partial charge in [0.05, 0.1) is 0 Å². The quantitative estimate of drug-likeness (QED) is 0.245. The molecule has 1 aliphatic heterocycles. The minimum Gasteiger partial charge on any atom is -0.347 e. The van der Waals surface area contributed by atoms with Crippen LogP contribution in [0.25, 0.3) is 27.1 Å². The number of rotatable bonds is 3. The number of fused-ring (bicyclic) bond motifs is 6. The molecule has 2 heteroatoms. The van der Waals surface area contributed by atoms with E-state index in [4.69, 9.17) is 11.6 Å². The third-order valence-electron chi connectivity index (χ3n) is 8.74. The van der Waals surface area contributed by atoms with Crippen LogP contribution in [0.1, 0.15) is 51.3 Å². The van der Waals surface area contributed by atoms with E-state index < -0.39 is 0 Å². The van der Waals surface area contributed by atoms with Gasteiger partial charge in [-0.2, -0.15) is 0 Å². The molecule has 2 aliphatic rings. The summed E-state index contributed by atoms with van der Waals surface area (Å²) in [6.45, 7) is 11.5. The highest BCUT2D eigenvalue weighted by atomic mass is 35.5. The predicted molar refractivity (Wildman–Crippen MR) is 166 cm³/mol. The van der Waals surface area contributed by atoms with Crippen LogP contribution in [0.15, 0.2) is 113 Å². The van der Waals surface area contributed by atoms with Gasteiger partial charge in [0, 0.05) is 34.3 Å². The standard InChI is InChI=1S/C36H34ClN/c1-23-27-19-15-24-11-7-9-13-28(24)33(27)35(2,3)30(23)20-17-26(37)18-22-32-36(4,5)34-29-14-10-8-12-25(29)16-21-31(34)38(32)6/h7-22H,1-6H3/b20-17+,26-18-,32-22-. The number of hydrogen-bond donors (Lipinski definition) is 0. The van der Waals surface area contributed by atoms with Crippen molar-refractivity contribution in [2.24, 2.45) is 0 Å². The molecule has 38 heavy (non-hydrogen) atoms. The summed E-state index contributed by atoms with van der Waals surface area (Å²) >= 11 is 6.82. The molecule has 6 rings (SSSR count). The molecule has 4 aromatic rings. The number of benzene rings is 4. The van der Waals surface area contributed by atoms with Gasteiger partial charge in [-0.25, -0.2) is 0 Å². The Morgan fingerprint density at radius 2 is 1.37 bits per heavy atom. The summed E-state index contributed by atoms with van der Waals surface area (Å²) in [6.07, 6.45) is 8.50. The lowest BCUT2D eigenvalue weighted by Crippen LogP contribution is -2.22. The molecule has 0 amide bonds. The molecule has 1 heterocycles. The van der Waals surface area contributed by atoms with E-state index in [0.29, 0.717) is 0 Å². The van der Waals surface area contributed by atoms with Crippen LogP contribution < -0.4 is 4.90 Å². The van der Waals surface area contributed by atoms with Gasteiger partial charge >= 0.3 is 0 Å². The van der Waals surface area contributed by atoms with Crippen LogP contribution in [0.2, 0.25) is 0 Å². The Morgan fingerprint density at radius 3 is 2.05 bits per heavy atom. The van der Waals surface area contributed by atoms with Crippen molar-refractivity contribution in [2.75, 3.05) is 11.9 Å². The Kier molecular flexibility index (Phi) is 5.70. The van der Waals surface area contributed by atoms with Crippen molar-refractivity contribution >= 4 is 44.4 Å². The van der Waals surface area contributed by atoms with Gasteiger partial charge in [0.1, 0.15) is 0 Å². The maximum Gasteiger partial charge on any atom is 0.0454 e. The number of anilines is 1. The first kappa shape index (κ1) is 24.8. The average molecular weight is 516 g/mol. The topological polar surface area (TPSA) is 3.24 Å². The molecule has 0 bridgehead atoms. The van der Waals surface area contributed by atoms with Gasteiger partial charge in [-0.3, -0.25) is 0 Å². The summed E-state index contributed by atoms with van der Waals surface area (Å²) in [7, 11) is 2.16. The SMILES string of the molecule is CC1=C(/C=C/C(Cl)=C/C=C2\N(C)c3ccc4ccccc4c3C2(C)C)C(C)(C)c2c1ccc1ccccc21. The zero-order chi connectivity index (χ0) is 26.8.